The van der Waals surface area contributed by atoms with Crippen LogP contribution in [0.5, 0.6) is 0 Å². The molecule has 3 rings (SSSR count). The van der Waals surface area contributed by atoms with Crippen molar-refractivity contribution in [1.82, 2.24) is 15.3 Å². The van der Waals surface area contributed by atoms with E-state index in [-0.39, 0.29) is 11.9 Å². The molecule has 1 aromatic heterocycles. The van der Waals surface area contributed by atoms with Gasteiger partial charge in [-0.25, -0.2) is 9.37 Å². The number of para-hydroxylation sites is 2. The van der Waals surface area contributed by atoms with Crippen LogP contribution in [0, 0.1) is 5.82 Å². The molecule has 0 aliphatic carbocycles. The van der Waals surface area contributed by atoms with E-state index in [4.69, 9.17) is 0 Å². The van der Waals surface area contributed by atoms with Crippen molar-refractivity contribution >= 4 is 27.0 Å². The van der Waals surface area contributed by atoms with E-state index in [0.29, 0.717) is 18.5 Å². The molecule has 114 valence electrons. The number of rotatable bonds is 5. The monoisotopic (exact) mass is 361 g/mol. The summed E-state index contributed by atoms with van der Waals surface area (Å²) in [6, 6.07) is 13.3. The molecule has 0 unspecified atom stereocenters. The van der Waals surface area contributed by atoms with Crippen molar-refractivity contribution in [3.05, 3.63) is 64.1 Å². The first-order valence-corrected chi connectivity index (χ1v) is 8.02. The van der Waals surface area contributed by atoms with E-state index in [1.807, 2.05) is 43.3 Å². The van der Waals surface area contributed by atoms with Crippen LogP contribution < -0.4 is 5.32 Å². The summed E-state index contributed by atoms with van der Waals surface area (Å²) >= 11 is 3.27. The van der Waals surface area contributed by atoms with Gasteiger partial charge < -0.3 is 10.3 Å². The Balaban J connectivity index is 1.60. The minimum atomic E-state index is -0.174. The number of hydrogen-bond acceptors (Lipinski definition) is 2. The number of nitrogens with zero attached hydrogens (tertiary/aromatic N) is 1. The molecule has 3 aromatic rings. The smallest absolute Gasteiger partial charge is 0.127 e. The van der Waals surface area contributed by atoms with Gasteiger partial charge in [-0.1, -0.05) is 34.1 Å². The lowest BCUT2D eigenvalue weighted by Crippen LogP contribution is -2.28. The van der Waals surface area contributed by atoms with Crippen molar-refractivity contribution in [1.29, 1.82) is 0 Å². The van der Waals surface area contributed by atoms with E-state index < -0.39 is 0 Å². The first kappa shape index (κ1) is 15.2. The van der Waals surface area contributed by atoms with Crippen LogP contribution in [0.25, 0.3) is 11.0 Å². The molecule has 2 aromatic carbocycles. The molecule has 22 heavy (non-hydrogen) atoms. The second kappa shape index (κ2) is 6.58. The molecule has 0 aliphatic rings. The second-order valence-electron chi connectivity index (χ2n) is 5.42. The normalized spacial score (nSPS) is 12.7. The average Bonchev–Trinajstić information content (AvgIpc) is 2.91. The van der Waals surface area contributed by atoms with Gasteiger partial charge in [-0.15, -0.1) is 0 Å². The number of fused-ring (bicyclic) bond motifs is 1. The highest BCUT2D eigenvalue weighted by atomic mass is 79.9. The van der Waals surface area contributed by atoms with E-state index in [1.54, 1.807) is 0 Å². The number of imidazole rings is 1. The number of H-pyrrole nitrogens is 1. The highest BCUT2D eigenvalue weighted by molar-refractivity contribution is 9.10. The molecule has 0 radical (unpaired) electrons. The number of nitrogens with one attached hydrogen (secondary N) is 2. The van der Waals surface area contributed by atoms with Crippen molar-refractivity contribution in [2.75, 3.05) is 0 Å². The second-order valence-corrected chi connectivity index (χ2v) is 6.34. The quantitative estimate of drug-likeness (QED) is 0.715. The number of halogens is 2. The molecule has 0 saturated carbocycles. The van der Waals surface area contributed by atoms with E-state index in [0.717, 1.165) is 21.3 Å². The molecular weight excluding hydrogens is 345 g/mol. The minimum Gasteiger partial charge on any atom is -0.341 e. The molecule has 0 aliphatic heterocycles. The van der Waals surface area contributed by atoms with Crippen molar-refractivity contribution in [3.8, 4) is 0 Å². The molecular formula is C17H17BrFN3. The fourth-order valence-corrected chi connectivity index (χ4v) is 2.78. The van der Waals surface area contributed by atoms with Crippen molar-refractivity contribution in [3.63, 3.8) is 0 Å². The summed E-state index contributed by atoms with van der Waals surface area (Å²) in [5, 5.41) is 3.38. The van der Waals surface area contributed by atoms with Crippen LogP contribution in [0.3, 0.4) is 0 Å². The zero-order valence-corrected chi connectivity index (χ0v) is 13.8. The topological polar surface area (TPSA) is 40.7 Å². The lowest BCUT2D eigenvalue weighted by molar-refractivity contribution is 0.519. The van der Waals surface area contributed by atoms with Crippen LogP contribution in [0.15, 0.2) is 46.9 Å². The Morgan fingerprint density at radius 1 is 1.27 bits per heavy atom. The Morgan fingerprint density at radius 3 is 2.86 bits per heavy atom. The Morgan fingerprint density at radius 2 is 2.09 bits per heavy atom. The van der Waals surface area contributed by atoms with Gasteiger partial charge in [0.1, 0.15) is 11.6 Å². The van der Waals surface area contributed by atoms with Crippen molar-refractivity contribution in [2.24, 2.45) is 0 Å². The molecule has 0 fully saturated rings. The van der Waals surface area contributed by atoms with Crippen LogP contribution in [-0.2, 0) is 13.0 Å². The first-order chi connectivity index (χ1) is 10.6. The summed E-state index contributed by atoms with van der Waals surface area (Å²) in [5.41, 5.74) is 2.71. The standard InChI is InChI=1S/C17H17BrFN3/c1-11(8-12-6-7-13(18)9-14(12)19)20-10-17-21-15-4-2-3-5-16(15)22-17/h2-7,9,11,20H,8,10H2,1H3,(H,21,22)/t11-/m1/s1. The van der Waals surface area contributed by atoms with E-state index in [2.05, 4.69) is 31.2 Å². The minimum absolute atomic E-state index is 0.156. The van der Waals surface area contributed by atoms with Gasteiger partial charge in [-0.05, 0) is 43.2 Å². The van der Waals surface area contributed by atoms with E-state index in [1.165, 1.54) is 6.07 Å². The molecule has 0 amide bonds. The summed E-state index contributed by atoms with van der Waals surface area (Å²) in [5.74, 6) is 0.719. The Kier molecular flexibility index (Phi) is 4.55. The number of aromatic nitrogens is 2. The molecule has 0 spiro atoms. The summed E-state index contributed by atoms with van der Waals surface area (Å²) in [7, 11) is 0. The van der Waals surface area contributed by atoms with Crippen LogP contribution in [-0.4, -0.2) is 16.0 Å². The number of aromatic amines is 1. The average molecular weight is 362 g/mol. The zero-order chi connectivity index (χ0) is 15.5. The summed E-state index contributed by atoms with van der Waals surface area (Å²) in [6.45, 7) is 2.68. The van der Waals surface area contributed by atoms with Crippen LogP contribution in [0.2, 0.25) is 0 Å². The highest BCUT2D eigenvalue weighted by Crippen LogP contribution is 2.17. The SMILES string of the molecule is C[C@H](Cc1ccc(Br)cc1F)NCc1nc2ccccc2[nH]1. The lowest BCUT2D eigenvalue weighted by Gasteiger charge is -2.13. The molecule has 0 saturated heterocycles. The van der Waals surface area contributed by atoms with E-state index >= 15 is 0 Å². The molecule has 2 N–H and O–H groups in total. The molecule has 5 heteroatoms. The zero-order valence-electron chi connectivity index (χ0n) is 12.2. The van der Waals surface area contributed by atoms with Gasteiger partial charge in [-0.3, -0.25) is 0 Å². The molecule has 1 heterocycles. The largest absolute Gasteiger partial charge is 0.341 e. The Bertz CT molecular complexity index is 751. The van der Waals surface area contributed by atoms with Gasteiger partial charge in [0.2, 0.25) is 0 Å². The maximum absolute atomic E-state index is 13.8. The molecule has 3 nitrogen and oxygen atoms in total. The molecule has 1 atom stereocenters. The van der Waals surface area contributed by atoms with Gasteiger partial charge in [0.15, 0.2) is 0 Å². The van der Waals surface area contributed by atoms with Gasteiger partial charge in [0.25, 0.3) is 0 Å². The third kappa shape index (κ3) is 3.54. The van der Waals surface area contributed by atoms with Crippen molar-refractivity contribution in [2.45, 2.75) is 25.9 Å². The summed E-state index contributed by atoms with van der Waals surface area (Å²) in [6.07, 6.45) is 0.638. The van der Waals surface area contributed by atoms with E-state index in [9.17, 15) is 4.39 Å². The number of hydrogen-bond donors (Lipinski definition) is 2. The third-order valence-electron chi connectivity index (χ3n) is 3.60. The lowest BCUT2D eigenvalue weighted by atomic mass is 10.1. The van der Waals surface area contributed by atoms with Crippen molar-refractivity contribution < 1.29 is 4.39 Å². The maximum Gasteiger partial charge on any atom is 0.127 e. The Labute approximate surface area is 137 Å². The fraction of sp³-hybridized carbons (Fsp3) is 0.235. The Hall–Kier alpha value is -1.72. The predicted octanol–water partition coefficient (Wildman–Crippen LogP) is 4.19. The van der Waals surface area contributed by atoms with Gasteiger partial charge >= 0.3 is 0 Å². The van der Waals surface area contributed by atoms with Gasteiger partial charge in [0.05, 0.1) is 17.6 Å². The fourth-order valence-electron chi connectivity index (χ4n) is 2.45. The number of benzene rings is 2. The molecule has 0 bridgehead atoms. The third-order valence-corrected chi connectivity index (χ3v) is 4.09. The van der Waals surface area contributed by atoms with Crippen LogP contribution in [0.1, 0.15) is 18.3 Å². The summed E-state index contributed by atoms with van der Waals surface area (Å²) < 4.78 is 14.6. The predicted molar refractivity (Wildman–Crippen MR) is 90.2 cm³/mol. The highest BCUT2D eigenvalue weighted by Gasteiger charge is 2.09. The first-order valence-electron chi connectivity index (χ1n) is 7.23. The summed E-state index contributed by atoms with van der Waals surface area (Å²) in [4.78, 5) is 7.80. The van der Waals surface area contributed by atoms with Gasteiger partial charge in [0, 0.05) is 10.5 Å². The maximum atomic E-state index is 13.8. The van der Waals surface area contributed by atoms with Crippen LogP contribution >= 0.6 is 15.9 Å². The van der Waals surface area contributed by atoms with Crippen LogP contribution in [0.4, 0.5) is 4.39 Å². The van der Waals surface area contributed by atoms with Gasteiger partial charge in [-0.2, -0.15) is 0 Å².